The predicted molar refractivity (Wildman–Crippen MR) is 102 cm³/mol. The van der Waals surface area contributed by atoms with Gasteiger partial charge in [-0.1, -0.05) is 47.1 Å². The summed E-state index contributed by atoms with van der Waals surface area (Å²) in [6.45, 7) is 1.63. The summed E-state index contributed by atoms with van der Waals surface area (Å²) in [5.74, 6) is -0.972. The van der Waals surface area contributed by atoms with Crippen molar-refractivity contribution in [2.45, 2.75) is 11.5 Å². The van der Waals surface area contributed by atoms with E-state index in [4.69, 9.17) is 23.2 Å². The highest BCUT2D eigenvalue weighted by Gasteiger charge is 2.35. The average Bonchev–Trinajstić information content (AvgIpc) is 3.05. The van der Waals surface area contributed by atoms with Crippen molar-refractivity contribution >= 4 is 36.2 Å². The number of anilines is 1. The van der Waals surface area contributed by atoms with Gasteiger partial charge in [0.15, 0.2) is 7.29 Å². The maximum absolute atomic E-state index is 13.0. The molecule has 10 heteroatoms. The van der Waals surface area contributed by atoms with Gasteiger partial charge in [0.25, 0.3) is 0 Å². The highest BCUT2D eigenvalue weighted by Crippen LogP contribution is 2.45. The van der Waals surface area contributed by atoms with Crippen LogP contribution in [0.25, 0.3) is 11.4 Å². The first-order chi connectivity index (χ1) is 12.6. The van der Waals surface area contributed by atoms with Crippen LogP contribution in [0.4, 0.5) is 14.5 Å². The highest BCUT2D eigenvalue weighted by atomic mass is 35.5. The molecular formula is C17H14Cl2F2N3O2P. The second-order valence-electron chi connectivity index (χ2n) is 6.00. The van der Waals surface area contributed by atoms with E-state index in [2.05, 4.69) is 19.8 Å². The number of halogens is 4. The van der Waals surface area contributed by atoms with Gasteiger partial charge in [-0.05, 0) is 35.4 Å². The molecule has 3 rings (SSSR count). The molecule has 142 valence electrons. The van der Waals surface area contributed by atoms with Crippen molar-refractivity contribution in [1.82, 2.24) is 10.1 Å². The molecule has 1 unspecified atom stereocenters. The van der Waals surface area contributed by atoms with Gasteiger partial charge in [0.05, 0.1) is 0 Å². The Kier molecular flexibility index (Phi) is 5.56. The minimum atomic E-state index is -3.72. The third-order valence-corrected chi connectivity index (χ3v) is 5.65. The molecule has 1 atom stereocenters. The molecule has 0 spiro atoms. The average molecular weight is 432 g/mol. The second kappa shape index (κ2) is 7.58. The molecule has 0 radical (unpaired) electrons. The number of hydrogen-bond acceptors (Lipinski definition) is 4. The molecule has 1 aromatic heterocycles. The summed E-state index contributed by atoms with van der Waals surface area (Å²) < 4.78 is 43.2. The van der Waals surface area contributed by atoms with Gasteiger partial charge in [0.1, 0.15) is 0 Å². The fraction of sp³-hybridized carbons (Fsp3) is 0.176. The summed E-state index contributed by atoms with van der Waals surface area (Å²) in [6.07, 6.45) is 0.289. The second-order valence-corrected chi connectivity index (χ2v) is 9.65. The fourth-order valence-electron chi connectivity index (χ4n) is 2.43. The quantitative estimate of drug-likeness (QED) is 0.371. The molecular weight excluding hydrogens is 418 g/mol. The van der Waals surface area contributed by atoms with Crippen LogP contribution >= 0.6 is 30.5 Å². The molecule has 2 aromatic carbocycles. The first kappa shape index (κ1) is 19.8. The van der Waals surface area contributed by atoms with E-state index in [1.54, 1.807) is 55.2 Å². The fourth-order valence-corrected chi connectivity index (χ4v) is 4.37. The van der Waals surface area contributed by atoms with Crippen LogP contribution in [-0.2, 0) is 16.1 Å². The summed E-state index contributed by atoms with van der Waals surface area (Å²) in [5, 5.41) is 3.33. The Hall–Kier alpha value is -1.95. The number of nitrogens with one attached hydrogen (secondary N) is 1. The lowest BCUT2D eigenvalue weighted by Crippen LogP contribution is -2.03. The summed E-state index contributed by atoms with van der Waals surface area (Å²) >= 11 is 10.8. The first-order valence-electron chi connectivity index (χ1n) is 7.73. The summed E-state index contributed by atoms with van der Waals surface area (Å²) in [7, 11) is -2.74. The predicted octanol–water partition coefficient (Wildman–Crippen LogP) is 6.20. The lowest BCUT2D eigenvalue weighted by atomic mass is 10.1. The standard InChI is InChI=1S/C17H14Cl2F2N3O2P/c1-27(25,24-14-4-2-3-13(18)9-14)10-11-5-7-12(8-6-11)15-22-16(26-23-15)17(19,20)21/h2-9H,10H2,1H3,(H,24,25). The molecule has 0 saturated heterocycles. The highest BCUT2D eigenvalue weighted by molar-refractivity contribution is 7.63. The van der Waals surface area contributed by atoms with Gasteiger partial charge in [0, 0.05) is 29.1 Å². The van der Waals surface area contributed by atoms with E-state index in [0.717, 1.165) is 5.56 Å². The zero-order valence-electron chi connectivity index (χ0n) is 14.0. The van der Waals surface area contributed by atoms with E-state index in [1.165, 1.54) is 0 Å². The normalized spacial score (nSPS) is 14.0. The summed E-state index contributed by atoms with van der Waals surface area (Å²) in [5.41, 5.74) is 1.94. The largest absolute Gasteiger partial charge is 0.400 e. The number of benzene rings is 2. The third kappa shape index (κ3) is 5.28. The molecule has 5 nitrogen and oxygen atoms in total. The van der Waals surface area contributed by atoms with Gasteiger partial charge in [0.2, 0.25) is 5.82 Å². The molecule has 0 bridgehead atoms. The van der Waals surface area contributed by atoms with Crippen LogP contribution in [0.15, 0.2) is 53.1 Å². The lowest BCUT2D eigenvalue weighted by Gasteiger charge is -2.16. The van der Waals surface area contributed by atoms with Crippen LogP contribution in [-0.4, -0.2) is 16.8 Å². The number of nitrogens with zero attached hydrogens (tertiary/aromatic N) is 2. The van der Waals surface area contributed by atoms with E-state index >= 15 is 0 Å². The Labute approximate surface area is 164 Å². The molecule has 1 N–H and O–H groups in total. The molecule has 3 aromatic rings. The summed E-state index contributed by atoms with van der Waals surface area (Å²) in [6, 6.07) is 13.7. The Morgan fingerprint density at radius 1 is 1.22 bits per heavy atom. The Morgan fingerprint density at radius 3 is 2.52 bits per heavy atom. The number of hydrogen-bond donors (Lipinski definition) is 1. The van der Waals surface area contributed by atoms with Crippen molar-refractivity contribution < 1.29 is 17.9 Å². The summed E-state index contributed by atoms with van der Waals surface area (Å²) in [4.78, 5) is 3.58. The van der Waals surface area contributed by atoms with Crippen molar-refractivity contribution in [3.05, 3.63) is 65.0 Å². The first-order valence-corrected chi connectivity index (χ1v) is 10.8. The topological polar surface area (TPSA) is 68.0 Å². The monoisotopic (exact) mass is 431 g/mol. The molecule has 0 fully saturated rings. The van der Waals surface area contributed by atoms with Crippen LogP contribution in [0.2, 0.25) is 5.02 Å². The van der Waals surface area contributed by atoms with Crippen LogP contribution < -0.4 is 5.09 Å². The van der Waals surface area contributed by atoms with Crippen molar-refractivity contribution in [2.24, 2.45) is 0 Å². The molecule has 0 aliphatic carbocycles. The number of alkyl halides is 3. The van der Waals surface area contributed by atoms with Gasteiger partial charge in [-0.3, -0.25) is 0 Å². The number of aromatic nitrogens is 2. The molecule has 0 aliphatic heterocycles. The zero-order valence-corrected chi connectivity index (χ0v) is 16.4. The maximum Gasteiger partial charge on any atom is 0.400 e. The van der Waals surface area contributed by atoms with E-state index < -0.39 is 18.6 Å². The molecule has 1 heterocycles. The molecule has 0 aliphatic rings. The van der Waals surface area contributed by atoms with Crippen LogP contribution in [0, 0.1) is 0 Å². The minimum Gasteiger partial charge on any atom is -0.336 e. The number of rotatable bonds is 6. The van der Waals surface area contributed by atoms with E-state index in [1.807, 2.05) is 0 Å². The van der Waals surface area contributed by atoms with Crippen LogP contribution in [0.1, 0.15) is 11.5 Å². The smallest absolute Gasteiger partial charge is 0.336 e. The molecule has 0 amide bonds. The lowest BCUT2D eigenvalue weighted by molar-refractivity contribution is 0.0551. The van der Waals surface area contributed by atoms with Crippen molar-refractivity contribution in [3.63, 3.8) is 0 Å². The molecule has 27 heavy (non-hydrogen) atoms. The van der Waals surface area contributed by atoms with E-state index in [-0.39, 0.29) is 12.0 Å². The minimum absolute atomic E-state index is 0.00592. The molecule has 0 saturated carbocycles. The van der Waals surface area contributed by atoms with Crippen LogP contribution in [0.3, 0.4) is 0 Å². The van der Waals surface area contributed by atoms with Gasteiger partial charge in [-0.25, -0.2) is 0 Å². The maximum atomic E-state index is 13.0. The van der Waals surface area contributed by atoms with E-state index in [9.17, 15) is 13.3 Å². The van der Waals surface area contributed by atoms with Crippen molar-refractivity contribution in [3.8, 4) is 11.4 Å². The van der Waals surface area contributed by atoms with Crippen LogP contribution in [0.5, 0.6) is 0 Å². The van der Waals surface area contributed by atoms with Crippen molar-refractivity contribution in [2.75, 3.05) is 11.8 Å². The van der Waals surface area contributed by atoms with Gasteiger partial charge in [-0.15, -0.1) is 0 Å². The zero-order chi connectivity index (χ0) is 19.7. The third-order valence-electron chi connectivity index (χ3n) is 3.56. The van der Waals surface area contributed by atoms with Crippen molar-refractivity contribution in [1.29, 1.82) is 0 Å². The van der Waals surface area contributed by atoms with Gasteiger partial charge < -0.3 is 14.2 Å². The SMILES string of the molecule is CP(=O)(Cc1ccc(-c2noc(C(F)(F)Cl)n2)cc1)Nc1cccc(Cl)c1. The van der Waals surface area contributed by atoms with Gasteiger partial charge in [-0.2, -0.15) is 13.8 Å². The van der Waals surface area contributed by atoms with E-state index in [0.29, 0.717) is 16.3 Å². The Balaban J connectivity index is 1.71. The Morgan fingerprint density at radius 2 is 1.93 bits per heavy atom. The Bertz CT molecular complexity index is 990. The van der Waals surface area contributed by atoms with Gasteiger partial charge >= 0.3 is 11.3 Å².